The minimum absolute atomic E-state index is 0.0260. The average molecular weight is 429 g/mol. The lowest BCUT2D eigenvalue weighted by Gasteiger charge is -2.38. The Morgan fingerprint density at radius 3 is 2.78 bits per heavy atom. The molecule has 0 bridgehead atoms. The Morgan fingerprint density at radius 2 is 2.03 bits per heavy atom. The van der Waals surface area contributed by atoms with E-state index in [-0.39, 0.29) is 17.9 Å². The Hall–Kier alpha value is -3.66. The minimum atomic E-state index is -0.188. The fraction of sp³-hybridized carbons (Fsp3) is 0.360. The number of pyridine rings is 1. The lowest BCUT2D eigenvalue weighted by molar-refractivity contribution is -0.118. The second-order valence-corrected chi connectivity index (χ2v) is 8.70. The number of aromatic nitrogens is 3. The third-order valence-corrected chi connectivity index (χ3v) is 6.00. The van der Waals surface area contributed by atoms with Crippen LogP contribution in [0.5, 0.6) is 0 Å². The van der Waals surface area contributed by atoms with Gasteiger partial charge in [-0.15, -0.1) is 0 Å². The van der Waals surface area contributed by atoms with Gasteiger partial charge in [0.05, 0.1) is 41.4 Å². The van der Waals surface area contributed by atoms with E-state index in [1.807, 2.05) is 55.3 Å². The molecule has 0 spiro atoms. The van der Waals surface area contributed by atoms with Crippen LogP contribution in [0.1, 0.15) is 41.9 Å². The number of hydrogen-bond donors (Lipinski definition) is 1. The molecule has 1 aromatic carbocycles. The van der Waals surface area contributed by atoms with Gasteiger partial charge in [-0.1, -0.05) is 32.0 Å². The summed E-state index contributed by atoms with van der Waals surface area (Å²) in [5, 5.41) is 16.8. The zero-order valence-corrected chi connectivity index (χ0v) is 19.0. The van der Waals surface area contributed by atoms with Crippen molar-refractivity contribution in [1.29, 1.82) is 5.26 Å². The van der Waals surface area contributed by atoms with Gasteiger partial charge in [-0.3, -0.25) is 14.5 Å². The maximum absolute atomic E-state index is 12.5. The van der Waals surface area contributed by atoms with Crippen LogP contribution in [-0.2, 0) is 24.2 Å². The minimum Gasteiger partial charge on any atom is -0.361 e. The van der Waals surface area contributed by atoms with Crippen molar-refractivity contribution in [3.63, 3.8) is 0 Å². The third kappa shape index (κ3) is 4.22. The van der Waals surface area contributed by atoms with Crippen molar-refractivity contribution in [3.05, 3.63) is 70.8 Å². The summed E-state index contributed by atoms with van der Waals surface area (Å²) in [6.45, 7) is 6.64. The third-order valence-electron chi connectivity index (χ3n) is 6.00. The van der Waals surface area contributed by atoms with Gasteiger partial charge in [-0.2, -0.15) is 10.4 Å². The standard InChI is InChI=1S/C25H28N6O/c1-16(2)24-25(32)29-23-17(3)28-21(11-22(23)30(24)4)10-9-18-13-27-31(14-18)15-20-8-6-5-7-19(20)12-26/h5-8,11,13-14,16,24H,9-10,15H2,1-4H3,(H,29,32)/t24-/m0/s1. The highest BCUT2D eigenvalue weighted by Crippen LogP contribution is 2.35. The monoisotopic (exact) mass is 428 g/mol. The lowest BCUT2D eigenvalue weighted by atomic mass is 9.97. The van der Waals surface area contributed by atoms with Gasteiger partial charge in [0, 0.05) is 18.9 Å². The molecule has 1 aliphatic rings. The van der Waals surface area contributed by atoms with Crippen molar-refractivity contribution in [1.82, 2.24) is 14.8 Å². The van der Waals surface area contributed by atoms with Gasteiger partial charge in [-0.05, 0) is 48.9 Å². The molecule has 7 nitrogen and oxygen atoms in total. The van der Waals surface area contributed by atoms with Gasteiger partial charge in [0.15, 0.2) is 0 Å². The second kappa shape index (κ2) is 8.83. The van der Waals surface area contributed by atoms with E-state index in [0.29, 0.717) is 12.1 Å². The quantitative estimate of drug-likeness (QED) is 0.647. The molecule has 164 valence electrons. The van der Waals surface area contributed by atoms with Gasteiger partial charge >= 0.3 is 0 Å². The van der Waals surface area contributed by atoms with Crippen LogP contribution in [0.15, 0.2) is 42.7 Å². The van der Waals surface area contributed by atoms with Crippen LogP contribution in [0, 0.1) is 24.2 Å². The molecule has 3 heterocycles. The molecule has 1 N–H and O–H groups in total. The number of carbonyl (C=O) groups excluding carboxylic acids is 1. The molecule has 2 aromatic heterocycles. The number of fused-ring (bicyclic) bond motifs is 1. The fourth-order valence-electron chi connectivity index (χ4n) is 4.39. The topological polar surface area (TPSA) is 86.8 Å². The van der Waals surface area contributed by atoms with E-state index in [2.05, 4.69) is 41.3 Å². The number of anilines is 2. The van der Waals surface area contributed by atoms with E-state index in [4.69, 9.17) is 4.98 Å². The van der Waals surface area contributed by atoms with Crippen molar-refractivity contribution in [3.8, 4) is 6.07 Å². The first kappa shape index (κ1) is 21.6. The normalized spacial score (nSPS) is 15.4. The van der Waals surface area contributed by atoms with Crippen molar-refractivity contribution in [2.24, 2.45) is 5.92 Å². The number of nitriles is 1. The predicted octanol–water partition coefficient (Wildman–Crippen LogP) is 3.70. The number of nitrogens with one attached hydrogen (secondary N) is 1. The number of carbonyl (C=O) groups is 1. The van der Waals surface area contributed by atoms with Gasteiger partial charge < -0.3 is 10.2 Å². The predicted molar refractivity (Wildman–Crippen MR) is 125 cm³/mol. The first-order valence-corrected chi connectivity index (χ1v) is 10.9. The molecule has 0 saturated heterocycles. The Bertz CT molecular complexity index is 1190. The summed E-state index contributed by atoms with van der Waals surface area (Å²) in [5.41, 5.74) is 6.42. The Balaban J connectivity index is 1.48. The number of hydrogen-bond acceptors (Lipinski definition) is 5. The van der Waals surface area contributed by atoms with Crippen molar-refractivity contribution in [2.45, 2.75) is 46.2 Å². The smallest absolute Gasteiger partial charge is 0.247 e. The first-order valence-electron chi connectivity index (χ1n) is 10.9. The van der Waals surface area contributed by atoms with Crippen LogP contribution in [0.25, 0.3) is 0 Å². The Kier molecular flexibility index (Phi) is 5.95. The van der Waals surface area contributed by atoms with Gasteiger partial charge in [0.2, 0.25) is 5.91 Å². The highest BCUT2D eigenvalue weighted by atomic mass is 16.2. The molecular weight excluding hydrogens is 400 g/mol. The molecule has 0 fully saturated rings. The van der Waals surface area contributed by atoms with Crippen molar-refractivity contribution in [2.75, 3.05) is 17.3 Å². The summed E-state index contributed by atoms with van der Waals surface area (Å²) in [5.74, 6) is 0.236. The second-order valence-electron chi connectivity index (χ2n) is 8.70. The van der Waals surface area contributed by atoms with Crippen molar-refractivity contribution >= 4 is 17.3 Å². The average Bonchev–Trinajstić information content (AvgIpc) is 3.20. The Morgan fingerprint density at radius 1 is 1.25 bits per heavy atom. The molecule has 0 radical (unpaired) electrons. The van der Waals surface area contributed by atoms with E-state index < -0.39 is 0 Å². The SMILES string of the molecule is Cc1nc(CCc2cnn(Cc3ccccc3C#N)c2)cc2c1NC(=O)[C@H](C(C)C)N2C. The van der Waals surface area contributed by atoms with E-state index in [9.17, 15) is 10.1 Å². The highest BCUT2D eigenvalue weighted by Gasteiger charge is 2.34. The summed E-state index contributed by atoms with van der Waals surface area (Å²) in [6.07, 6.45) is 5.50. The van der Waals surface area contributed by atoms with Crippen LogP contribution < -0.4 is 10.2 Å². The fourth-order valence-corrected chi connectivity index (χ4v) is 4.39. The van der Waals surface area contributed by atoms with E-state index in [1.54, 1.807) is 0 Å². The van der Waals surface area contributed by atoms with Crippen LogP contribution in [-0.4, -0.2) is 33.8 Å². The number of likely N-dealkylation sites (N-methyl/N-ethyl adjacent to an activating group) is 1. The molecule has 32 heavy (non-hydrogen) atoms. The molecule has 1 atom stereocenters. The maximum Gasteiger partial charge on any atom is 0.247 e. The molecule has 0 aliphatic carbocycles. The van der Waals surface area contributed by atoms with Gasteiger partial charge in [0.25, 0.3) is 0 Å². The molecule has 0 saturated carbocycles. The Labute approximate surface area is 188 Å². The molecule has 1 amide bonds. The summed E-state index contributed by atoms with van der Waals surface area (Å²) in [7, 11) is 1.98. The molecule has 4 rings (SSSR count). The first-order chi connectivity index (χ1) is 15.4. The summed E-state index contributed by atoms with van der Waals surface area (Å²) in [4.78, 5) is 19.3. The van der Waals surface area contributed by atoms with Crippen LogP contribution in [0.4, 0.5) is 11.4 Å². The van der Waals surface area contributed by atoms with E-state index in [1.165, 1.54) is 0 Å². The molecule has 3 aromatic rings. The van der Waals surface area contributed by atoms with Gasteiger partial charge in [0.1, 0.15) is 6.04 Å². The zero-order valence-electron chi connectivity index (χ0n) is 19.0. The molecule has 1 aliphatic heterocycles. The van der Waals surface area contributed by atoms with Gasteiger partial charge in [-0.25, -0.2) is 0 Å². The van der Waals surface area contributed by atoms with Crippen molar-refractivity contribution < 1.29 is 4.79 Å². The highest BCUT2D eigenvalue weighted by molar-refractivity contribution is 6.04. The largest absolute Gasteiger partial charge is 0.361 e. The number of aryl methyl sites for hydroxylation is 3. The molecule has 0 unspecified atom stereocenters. The summed E-state index contributed by atoms with van der Waals surface area (Å²) >= 11 is 0. The van der Waals surface area contributed by atoms with Crippen LogP contribution >= 0.6 is 0 Å². The molecule has 7 heteroatoms. The summed E-state index contributed by atoms with van der Waals surface area (Å²) < 4.78 is 1.87. The van der Waals surface area contributed by atoms with E-state index in [0.717, 1.165) is 46.7 Å². The number of benzene rings is 1. The van der Waals surface area contributed by atoms with Crippen LogP contribution in [0.3, 0.4) is 0 Å². The number of nitrogens with zero attached hydrogens (tertiary/aromatic N) is 5. The lowest BCUT2D eigenvalue weighted by Crippen LogP contribution is -2.49. The van der Waals surface area contributed by atoms with Crippen LogP contribution in [0.2, 0.25) is 0 Å². The maximum atomic E-state index is 12.5. The van der Waals surface area contributed by atoms with E-state index >= 15 is 0 Å². The number of amides is 1. The number of rotatable bonds is 6. The summed E-state index contributed by atoms with van der Waals surface area (Å²) in [6, 6.07) is 11.7. The zero-order chi connectivity index (χ0) is 22.8. The molecular formula is C25H28N6O.